The maximum Gasteiger partial charge on any atom is 0.239 e. The summed E-state index contributed by atoms with van der Waals surface area (Å²) < 4.78 is 1.65. The van der Waals surface area contributed by atoms with Crippen LogP contribution in [0.1, 0.15) is 18.2 Å². The van der Waals surface area contributed by atoms with Gasteiger partial charge in [0.15, 0.2) is 11.5 Å². The number of nitrogens with two attached hydrogens (primary N) is 1. The average molecular weight is 366 g/mol. The molecule has 8 heteroatoms. The molecule has 0 radical (unpaired) electrons. The second kappa shape index (κ2) is 6.38. The maximum atomic E-state index is 11.7. The monoisotopic (exact) mass is 366 g/mol. The first-order valence-corrected chi connectivity index (χ1v) is 9.21. The van der Waals surface area contributed by atoms with Crippen LogP contribution in [-0.4, -0.2) is 31.5 Å². The molecule has 3 aromatic heterocycles. The molecular formula is C18H18N6OS. The lowest BCUT2D eigenvalue weighted by Crippen LogP contribution is -2.35. The summed E-state index contributed by atoms with van der Waals surface area (Å²) in [4.78, 5) is 22.2. The summed E-state index contributed by atoms with van der Waals surface area (Å²) in [7, 11) is 0. The lowest BCUT2D eigenvalue weighted by atomic mass is 10.2. The molecule has 132 valence electrons. The fourth-order valence-electron chi connectivity index (χ4n) is 2.86. The Morgan fingerprint density at radius 1 is 1.35 bits per heavy atom. The fraction of sp³-hybridized carbons (Fsp3) is 0.222. The van der Waals surface area contributed by atoms with Gasteiger partial charge in [-0.3, -0.25) is 4.79 Å². The van der Waals surface area contributed by atoms with Gasteiger partial charge in [-0.2, -0.15) is 4.52 Å². The summed E-state index contributed by atoms with van der Waals surface area (Å²) in [6.45, 7) is 3.94. The van der Waals surface area contributed by atoms with Crippen molar-refractivity contribution in [3.63, 3.8) is 0 Å². The van der Waals surface area contributed by atoms with E-state index in [1.54, 1.807) is 15.9 Å². The van der Waals surface area contributed by atoms with Crippen molar-refractivity contribution in [3.05, 3.63) is 40.6 Å². The zero-order valence-corrected chi connectivity index (χ0v) is 15.2. The second-order valence-electron chi connectivity index (χ2n) is 6.08. The van der Waals surface area contributed by atoms with Crippen molar-refractivity contribution in [1.29, 1.82) is 0 Å². The van der Waals surface area contributed by atoms with Crippen molar-refractivity contribution in [2.75, 3.05) is 5.32 Å². The van der Waals surface area contributed by atoms with Gasteiger partial charge >= 0.3 is 0 Å². The standard InChI is InChI=1S/C18H18N6OS/c1-3-13(15(19)25)20-18-21-14-7-5-4-6-12(14)17-22-16(23-24(17)18)11-8-10(2)26-9-11/h4-9,13H,3H2,1-2H3,(H2,19,25)(H,20,21)/t13-/m1/s1. The van der Waals surface area contributed by atoms with Crippen LogP contribution in [-0.2, 0) is 4.79 Å². The van der Waals surface area contributed by atoms with Crippen LogP contribution in [0.4, 0.5) is 5.95 Å². The summed E-state index contributed by atoms with van der Waals surface area (Å²) in [5.74, 6) is 0.655. The van der Waals surface area contributed by atoms with Crippen LogP contribution in [0.2, 0.25) is 0 Å². The highest BCUT2D eigenvalue weighted by molar-refractivity contribution is 7.10. The summed E-state index contributed by atoms with van der Waals surface area (Å²) in [5, 5.41) is 10.7. The number of benzene rings is 1. The van der Waals surface area contributed by atoms with Crippen LogP contribution in [0.15, 0.2) is 35.7 Å². The number of anilines is 1. The molecule has 0 saturated heterocycles. The van der Waals surface area contributed by atoms with Crippen molar-refractivity contribution in [2.24, 2.45) is 5.73 Å². The van der Waals surface area contributed by atoms with Crippen molar-refractivity contribution in [2.45, 2.75) is 26.3 Å². The summed E-state index contributed by atoms with van der Waals surface area (Å²) in [6.07, 6.45) is 0.552. The van der Waals surface area contributed by atoms with Crippen molar-refractivity contribution >= 4 is 39.7 Å². The van der Waals surface area contributed by atoms with Crippen LogP contribution < -0.4 is 11.1 Å². The van der Waals surface area contributed by atoms with Gasteiger partial charge in [-0.15, -0.1) is 16.4 Å². The molecule has 1 aromatic carbocycles. The Kier molecular flexibility index (Phi) is 4.04. The van der Waals surface area contributed by atoms with Gasteiger partial charge in [0.25, 0.3) is 0 Å². The quantitative estimate of drug-likeness (QED) is 0.566. The maximum absolute atomic E-state index is 11.7. The fourth-order valence-corrected chi connectivity index (χ4v) is 3.54. The molecule has 0 aliphatic heterocycles. The van der Waals surface area contributed by atoms with Crippen LogP contribution in [0, 0.1) is 6.92 Å². The van der Waals surface area contributed by atoms with Gasteiger partial charge in [-0.05, 0) is 31.5 Å². The van der Waals surface area contributed by atoms with Gasteiger partial charge < -0.3 is 11.1 Å². The van der Waals surface area contributed by atoms with E-state index in [4.69, 9.17) is 10.7 Å². The van der Waals surface area contributed by atoms with E-state index in [0.717, 1.165) is 16.5 Å². The van der Waals surface area contributed by atoms with Gasteiger partial charge in [0.2, 0.25) is 11.9 Å². The number of carbonyl (C=O) groups excluding carboxylic acids is 1. The minimum atomic E-state index is -0.525. The topological polar surface area (TPSA) is 98.2 Å². The number of carbonyl (C=O) groups is 1. The number of hydrogen-bond donors (Lipinski definition) is 2. The molecule has 0 unspecified atom stereocenters. The minimum absolute atomic E-state index is 0.426. The van der Waals surface area contributed by atoms with Gasteiger partial charge in [-0.1, -0.05) is 19.1 Å². The number of fused-ring (bicyclic) bond motifs is 3. The number of rotatable bonds is 5. The van der Waals surface area contributed by atoms with Crippen LogP contribution >= 0.6 is 11.3 Å². The van der Waals surface area contributed by atoms with Crippen LogP contribution in [0.5, 0.6) is 0 Å². The lowest BCUT2D eigenvalue weighted by Gasteiger charge is -2.15. The number of nitrogens with zero attached hydrogens (tertiary/aromatic N) is 4. The van der Waals surface area contributed by atoms with E-state index in [0.29, 0.717) is 23.8 Å². The molecule has 0 aliphatic rings. The van der Waals surface area contributed by atoms with E-state index >= 15 is 0 Å². The molecule has 1 atom stereocenters. The van der Waals surface area contributed by atoms with Crippen LogP contribution in [0.25, 0.3) is 27.9 Å². The molecule has 4 rings (SSSR count). The van der Waals surface area contributed by atoms with E-state index in [1.165, 1.54) is 4.88 Å². The average Bonchev–Trinajstić information content (AvgIpc) is 3.25. The zero-order chi connectivity index (χ0) is 18.3. The first kappa shape index (κ1) is 16.5. The molecule has 0 spiro atoms. The van der Waals surface area contributed by atoms with Crippen molar-refractivity contribution in [3.8, 4) is 11.4 Å². The van der Waals surface area contributed by atoms with E-state index in [2.05, 4.69) is 21.5 Å². The number of para-hydroxylation sites is 1. The molecule has 1 amide bonds. The normalized spacial score (nSPS) is 12.5. The van der Waals surface area contributed by atoms with E-state index in [9.17, 15) is 4.79 Å². The number of aryl methyl sites for hydroxylation is 1. The van der Waals surface area contributed by atoms with Gasteiger partial charge in [0, 0.05) is 21.2 Å². The number of nitrogens with one attached hydrogen (secondary N) is 1. The zero-order valence-electron chi connectivity index (χ0n) is 14.4. The molecular weight excluding hydrogens is 348 g/mol. The van der Waals surface area contributed by atoms with E-state index < -0.39 is 11.9 Å². The largest absolute Gasteiger partial charge is 0.368 e. The molecule has 26 heavy (non-hydrogen) atoms. The number of hydrogen-bond acceptors (Lipinski definition) is 6. The Morgan fingerprint density at radius 3 is 2.85 bits per heavy atom. The number of primary amides is 1. The smallest absolute Gasteiger partial charge is 0.239 e. The van der Waals surface area contributed by atoms with E-state index in [-0.39, 0.29) is 0 Å². The lowest BCUT2D eigenvalue weighted by molar-refractivity contribution is -0.118. The van der Waals surface area contributed by atoms with Gasteiger partial charge in [0.1, 0.15) is 6.04 Å². The molecule has 0 aliphatic carbocycles. The molecule has 0 saturated carbocycles. The highest BCUT2D eigenvalue weighted by atomic mass is 32.1. The molecule has 0 fully saturated rings. The third-order valence-electron chi connectivity index (χ3n) is 4.22. The van der Waals surface area contributed by atoms with Gasteiger partial charge in [-0.25, -0.2) is 9.97 Å². The highest BCUT2D eigenvalue weighted by Crippen LogP contribution is 2.27. The molecule has 3 N–H and O–H groups in total. The Morgan fingerprint density at radius 2 is 2.15 bits per heavy atom. The third-order valence-corrected chi connectivity index (χ3v) is 5.08. The minimum Gasteiger partial charge on any atom is -0.368 e. The Labute approximate surface area is 153 Å². The SMILES string of the molecule is CC[C@@H](Nc1nc2ccccc2c2nc(-c3csc(C)c3)nn12)C(N)=O. The molecule has 7 nitrogen and oxygen atoms in total. The Hall–Kier alpha value is -3.00. The number of amides is 1. The second-order valence-corrected chi connectivity index (χ2v) is 7.19. The highest BCUT2D eigenvalue weighted by Gasteiger charge is 2.19. The molecule has 3 heterocycles. The predicted molar refractivity (Wildman–Crippen MR) is 103 cm³/mol. The van der Waals surface area contributed by atoms with Crippen molar-refractivity contribution < 1.29 is 4.79 Å². The predicted octanol–water partition coefficient (Wildman–Crippen LogP) is 2.99. The molecule has 4 aromatic rings. The summed E-state index contributed by atoms with van der Waals surface area (Å²) in [5.41, 5.74) is 7.91. The summed E-state index contributed by atoms with van der Waals surface area (Å²) in [6, 6.07) is 9.26. The Balaban J connectivity index is 1.94. The van der Waals surface area contributed by atoms with Crippen molar-refractivity contribution in [1.82, 2.24) is 19.6 Å². The third kappa shape index (κ3) is 2.78. The number of aromatic nitrogens is 4. The Bertz CT molecular complexity index is 1120. The van der Waals surface area contributed by atoms with E-state index in [1.807, 2.05) is 43.5 Å². The van der Waals surface area contributed by atoms with Gasteiger partial charge in [0.05, 0.1) is 5.52 Å². The first-order chi connectivity index (χ1) is 12.6. The number of thiophene rings is 1. The first-order valence-electron chi connectivity index (χ1n) is 8.33. The summed E-state index contributed by atoms with van der Waals surface area (Å²) >= 11 is 1.65. The van der Waals surface area contributed by atoms with Crippen LogP contribution in [0.3, 0.4) is 0 Å². The molecule has 0 bridgehead atoms.